The van der Waals surface area contributed by atoms with Crippen molar-refractivity contribution in [2.45, 2.75) is 11.5 Å². The number of halogens is 2. The molecule has 1 N–H and O–H groups in total. The molecule has 7 heteroatoms. The number of anilines is 1. The highest BCUT2D eigenvalue weighted by Crippen LogP contribution is 2.27. The number of hydrogen-bond donors (Lipinski definition) is 1. The molecule has 0 bridgehead atoms. The lowest BCUT2D eigenvalue weighted by Crippen LogP contribution is -2.13. The van der Waals surface area contributed by atoms with E-state index >= 15 is 0 Å². The van der Waals surface area contributed by atoms with E-state index in [-0.39, 0.29) is 9.92 Å². The van der Waals surface area contributed by atoms with Crippen LogP contribution in [0, 0.1) is 0 Å². The van der Waals surface area contributed by atoms with E-state index in [2.05, 4.69) is 4.72 Å². The molecule has 3 aromatic rings. The van der Waals surface area contributed by atoms with Crippen molar-refractivity contribution in [1.29, 1.82) is 0 Å². The monoisotopic (exact) mass is 407 g/mol. The molecule has 0 amide bonds. The second-order valence-electron chi connectivity index (χ2n) is 5.48. The lowest BCUT2D eigenvalue weighted by Gasteiger charge is -2.11. The number of hydrogen-bond acceptors (Lipinski definition) is 3. The molecular weight excluding hydrogens is 393 g/mol. The summed E-state index contributed by atoms with van der Waals surface area (Å²) in [7, 11) is -3.79. The molecule has 0 fully saturated rings. The van der Waals surface area contributed by atoms with Crippen LogP contribution in [0.3, 0.4) is 0 Å². The molecule has 0 saturated heterocycles. The molecular formula is C19H15Cl2NO3S. The molecule has 0 saturated carbocycles. The minimum atomic E-state index is -3.79. The van der Waals surface area contributed by atoms with Crippen molar-refractivity contribution < 1.29 is 13.2 Å². The summed E-state index contributed by atoms with van der Waals surface area (Å²) in [6.45, 7) is 0.393. The fraction of sp³-hybridized carbons (Fsp3) is 0.0526. The summed E-state index contributed by atoms with van der Waals surface area (Å²) in [4.78, 5) is 0.0301. The summed E-state index contributed by atoms with van der Waals surface area (Å²) < 4.78 is 33.2. The van der Waals surface area contributed by atoms with Crippen LogP contribution < -0.4 is 9.46 Å². The van der Waals surface area contributed by atoms with Gasteiger partial charge in [0.15, 0.2) is 0 Å². The van der Waals surface area contributed by atoms with Crippen LogP contribution in [-0.4, -0.2) is 8.42 Å². The van der Waals surface area contributed by atoms with E-state index in [0.717, 1.165) is 5.56 Å². The highest BCUT2D eigenvalue weighted by atomic mass is 35.5. The first-order chi connectivity index (χ1) is 12.4. The van der Waals surface area contributed by atoms with Crippen molar-refractivity contribution in [3.63, 3.8) is 0 Å². The van der Waals surface area contributed by atoms with Gasteiger partial charge in [0.1, 0.15) is 12.4 Å². The van der Waals surface area contributed by atoms with Crippen molar-refractivity contribution >= 4 is 38.9 Å². The van der Waals surface area contributed by atoms with Gasteiger partial charge < -0.3 is 4.74 Å². The van der Waals surface area contributed by atoms with Crippen LogP contribution in [0.15, 0.2) is 77.7 Å². The summed E-state index contributed by atoms with van der Waals surface area (Å²) in [6, 6.07) is 20.6. The first kappa shape index (κ1) is 18.6. The Bertz CT molecular complexity index is 1010. The fourth-order valence-electron chi connectivity index (χ4n) is 2.25. The summed E-state index contributed by atoms with van der Waals surface area (Å²) in [5, 5.41) is 0.469. The van der Waals surface area contributed by atoms with Crippen molar-refractivity contribution in [3.05, 3.63) is 88.4 Å². The Balaban J connectivity index is 1.74. The molecule has 3 aromatic carbocycles. The minimum absolute atomic E-state index is 0.0301. The molecule has 26 heavy (non-hydrogen) atoms. The normalized spacial score (nSPS) is 11.2. The predicted octanol–water partition coefficient (Wildman–Crippen LogP) is 5.37. The van der Waals surface area contributed by atoms with Gasteiger partial charge in [-0.05, 0) is 35.9 Å². The van der Waals surface area contributed by atoms with Gasteiger partial charge >= 0.3 is 0 Å². The molecule has 0 aliphatic heterocycles. The zero-order valence-corrected chi connectivity index (χ0v) is 15.9. The third kappa shape index (κ3) is 4.69. The second-order valence-corrected chi connectivity index (χ2v) is 7.98. The maximum atomic E-state index is 12.5. The Morgan fingerprint density at radius 3 is 2.35 bits per heavy atom. The van der Waals surface area contributed by atoms with Gasteiger partial charge in [-0.3, -0.25) is 4.72 Å². The second kappa shape index (κ2) is 7.99. The summed E-state index contributed by atoms with van der Waals surface area (Å²) >= 11 is 11.7. The van der Waals surface area contributed by atoms with Gasteiger partial charge in [-0.25, -0.2) is 8.42 Å². The maximum absolute atomic E-state index is 12.5. The van der Waals surface area contributed by atoms with Crippen molar-refractivity contribution in [2.24, 2.45) is 0 Å². The number of sulfonamides is 1. The third-order valence-corrected chi connectivity index (χ3v) is 5.65. The molecule has 4 nitrogen and oxygen atoms in total. The van der Waals surface area contributed by atoms with Crippen molar-refractivity contribution in [3.8, 4) is 5.75 Å². The van der Waals surface area contributed by atoms with E-state index in [0.29, 0.717) is 23.1 Å². The average molecular weight is 408 g/mol. The smallest absolute Gasteiger partial charge is 0.261 e. The van der Waals surface area contributed by atoms with Gasteiger partial charge in [0.25, 0.3) is 10.0 Å². The number of rotatable bonds is 6. The molecule has 0 aliphatic carbocycles. The zero-order valence-electron chi connectivity index (χ0n) is 13.5. The van der Waals surface area contributed by atoms with E-state index in [9.17, 15) is 8.42 Å². The summed E-state index contributed by atoms with van der Waals surface area (Å²) in [6.07, 6.45) is 0. The summed E-state index contributed by atoms with van der Waals surface area (Å²) in [5.74, 6) is 0.559. The van der Waals surface area contributed by atoms with Gasteiger partial charge in [-0.15, -0.1) is 0 Å². The fourth-order valence-corrected chi connectivity index (χ4v) is 3.69. The van der Waals surface area contributed by atoms with Gasteiger partial charge in [0.2, 0.25) is 0 Å². The first-order valence-electron chi connectivity index (χ1n) is 7.69. The molecule has 0 heterocycles. The van der Waals surface area contributed by atoms with E-state index in [1.165, 1.54) is 18.2 Å². The van der Waals surface area contributed by atoms with Crippen LogP contribution in [0.25, 0.3) is 0 Å². The van der Waals surface area contributed by atoms with Crippen LogP contribution >= 0.6 is 23.2 Å². The highest BCUT2D eigenvalue weighted by Gasteiger charge is 2.16. The number of nitrogens with one attached hydrogen (secondary N) is 1. The molecule has 3 rings (SSSR count). The Labute approximate surface area is 162 Å². The number of ether oxygens (including phenoxy) is 1. The lowest BCUT2D eigenvalue weighted by molar-refractivity contribution is 0.306. The topological polar surface area (TPSA) is 55.4 Å². The number of benzene rings is 3. The highest BCUT2D eigenvalue weighted by molar-refractivity contribution is 7.92. The maximum Gasteiger partial charge on any atom is 0.261 e. The molecule has 0 aliphatic rings. The van der Waals surface area contributed by atoms with Gasteiger partial charge in [-0.2, -0.15) is 0 Å². The Morgan fingerprint density at radius 2 is 1.62 bits per heavy atom. The van der Waals surface area contributed by atoms with Gasteiger partial charge in [0.05, 0.1) is 20.6 Å². The molecule has 0 unspecified atom stereocenters. The average Bonchev–Trinajstić information content (AvgIpc) is 2.63. The lowest BCUT2D eigenvalue weighted by atomic mass is 10.2. The minimum Gasteiger partial charge on any atom is -0.489 e. The van der Waals surface area contributed by atoms with Crippen LogP contribution in [0.4, 0.5) is 5.69 Å². The molecule has 0 atom stereocenters. The SMILES string of the molecule is O=S(=O)(Nc1cccc(OCc2ccccc2)c1)c1ccc(Cl)c(Cl)c1. The Kier molecular flexibility index (Phi) is 5.71. The van der Waals surface area contributed by atoms with E-state index in [1.54, 1.807) is 24.3 Å². The van der Waals surface area contributed by atoms with Crippen LogP contribution in [0.2, 0.25) is 10.0 Å². The molecule has 0 radical (unpaired) electrons. The zero-order chi connectivity index (χ0) is 18.6. The standard InChI is InChI=1S/C19H15Cl2NO3S/c20-18-10-9-17(12-19(18)21)26(23,24)22-15-7-4-8-16(11-15)25-13-14-5-2-1-3-6-14/h1-12,22H,13H2. The van der Waals surface area contributed by atoms with E-state index in [4.69, 9.17) is 27.9 Å². The molecule has 0 spiro atoms. The Morgan fingerprint density at radius 1 is 0.846 bits per heavy atom. The first-order valence-corrected chi connectivity index (χ1v) is 9.93. The Hall–Kier alpha value is -2.21. The van der Waals surface area contributed by atoms with Gasteiger partial charge in [-0.1, -0.05) is 59.6 Å². The van der Waals surface area contributed by atoms with Crippen molar-refractivity contribution in [2.75, 3.05) is 4.72 Å². The predicted molar refractivity (Wildman–Crippen MR) is 104 cm³/mol. The van der Waals surface area contributed by atoms with E-state index < -0.39 is 10.0 Å². The van der Waals surface area contributed by atoms with Crippen molar-refractivity contribution in [1.82, 2.24) is 0 Å². The van der Waals surface area contributed by atoms with Crippen LogP contribution in [-0.2, 0) is 16.6 Å². The largest absolute Gasteiger partial charge is 0.489 e. The van der Waals surface area contributed by atoms with Gasteiger partial charge in [0, 0.05) is 6.07 Å². The molecule has 0 aromatic heterocycles. The van der Waals surface area contributed by atoms with Crippen LogP contribution in [0.1, 0.15) is 5.56 Å². The quantitative estimate of drug-likeness (QED) is 0.596. The summed E-state index contributed by atoms with van der Waals surface area (Å²) in [5.41, 5.74) is 1.41. The van der Waals surface area contributed by atoms with E-state index in [1.807, 2.05) is 30.3 Å². The molecule has 134 valence electrons. The third-order valence-electron chi connectivity index (χ3n) is 3.54. The van der Waals surface area contributed by atoms with Crippen LogP contribution in [0.5, 0.6) is 5.75 Å².